The molecule has 2 heterocycles. The Hall–Kier alpha value is -2.53. The highest BCUT2D eigenvalue weighted by Crippen LogP contribution is 2.22. The van der Waals surface area contributed by atoms with E-state index in [1.165, 1.54) is 0 Å². The molecule has 0 atom stereocenters. The quantitative estimate of drug-likeness (QED) is 0.625. The number of aromatic amines is 1. The number of amides is 1. The van der Waals surface area contributed by atoms with Gasteiger partial charge in [0.2, 0.25) is 0 Å². The van der Waals surface area contributed by atoms with Gasteiger partial charge in [-0.25, -0.2) is 4.98 Å². The normalized spacial score (nSPS) is 11.0. The summed E-state index contributed by atoms with van der Waals surface area (Å²) in [6.45, 7) is 4.64. The smallest absolute Gasteiger partial charge is 0.252 e. The zero-order chi connectivity index (χ0) is 17.8. The maximum atomic E-state index is 12.2. The molecule has 3 aromatic rings. The number of pyridine rings is 1. The maximum absolute atomic E-state index is 12.2. The van der Waals surface area contributed by atoms with Crippen LogP contribution in [0, 0.1) is 0 Å². The monoisotopic (exact) mass is 356 g/mol. The predicted molar refractivity (Wildman–Crippen MR) is 102 cm³/mol. The van der Waals surface area contributed by atoms with Gasteiger partial charge in [-0.05, 0) is 50.1 Å². The number of rotatable bonds is 6. The van der Waals surface area contributed by atoms with Gasteiger partial charge in [0.25, 0.3) is 5.91 Å². The number of carbonyl (C=O) groups is 1. The van der Waals surface area contributed by atoms with Crippen LogP contribution in [0.3, 0.4) is 0 Å². The number of fused-ring (bicyclic) bond motifs is 1. The van der Waals surface area contributed by atoms with Gasteiger partial charge < -0.3 is 15.6 Å². The predicted octanol–water partition coefficient (Wildman–Crippen LogP) is 4.01. The molecule has 6 heteroatoms. The fourth-order valence-electron chi connectivity index (χ4n) is 2.69. The summed E-state index contributed by atoms with van der Waals surface area (Å²) in [5.74, 6) is 0.649. The highest BCUT2D eigenvalue weighted by Gasteiger charge is 2.08. The van der Waals surface area contributed by atoms with Crippen molar-refractivity contribution in [3.63, 3.8) is 0 Å². The van der Waals surface area contributed by atoms with Gasteiger partial charge in [-0.3, -0.25) is 4.79 Å². The van der Waals surface area contributed by atoms with Gasteiger partial charge in [0.05, 0.1) is 5.56 Å². The highest BCUT2D eigenvalue weighted by molar-refractivity contribution is 6.31. The van der Waals surface area contributed by atoms with E-state index in [2.05, 4.69) is 20.6 Å². The van der Waals surface area contributed by atoms with Crippen LogP contribution in [0.25, 0.3) is 10.9 Å². The van der Waals surface area contributed by atoms with Crippen molar-refractivity contribution in [2.75, 3.05) is 11.9 Å². The summed E-state index contributed by atoms with van der Waals surface area (Å²) in [6.07, 6.45) is 4.29. The third kappa shape index (κ3) is 4.31. The van der Waals surface area contributed by atoms with E-state index in [1.807, 2.05) is 44.3 Å². The van der Waals surface area contributed by atoms with Crippen molar-refractivity contribution in [1.29, 1.82) is 0 Å². The Bertz CT molecular complexity index is 871. The van der Waals surface area contributed by atoms with E-state index in [1.54, 1.807) is 12.3 Å². The van der Waals surface area contributed by atoms with E-state index in [0.717, 1.165) is 28.7 Å². The zero-order valence-corrected chi connectivity index (χ0v) is 15.0. The number of benzene rings is 1. The first-order chi connectivity index (χ1) is 12.0. The second kappa shape index (κ2) is 7.57. The minimum Gasteiger partial charge on any atom is -0.368 e. The Morgan fingerprint density at radius 2 is 2.12 bits per heavy atom. The van der Waals surface area contributed by atoms with Crippen LogP contribution in [0.15, 0.2) is 42.7 Å². The lowest BCUT2D eigenvalue weighted by Gasteiger charge is -2.09. The average Bonchev–Trinajstić information content (AvgIpc) is 2.97. The number of H-pyrrole nitrogens is 1. The number of carbonyl (C=O) groups excluding carboxylic acids is 1. The standard InChI is InChI=1S/C19H21ClN4O/c1-12(2)24-18-6-3-14(11-23-18)19(25)21-8-7-13-10-22-17-9-15(20)4-5-16(13)17/h3-6,9-12,22H,7-8H2,1-2H3,(H,21,25)(H,23,24). The molecule has 0 saturated carbocycles. The fourth-order valence-corrected chi connectivity index (χ4v) is 2.86. The van der Waals surface area contributed by atoms with Crippen LogP contribution in [0.4, 0.5) is 5.82 Å². The molecule has 0 aliphatic heterocycles. The lowest BCUT2D eigenvalue weighted by molar-refractivity contribution is 0.0954. The van der Waals surface area contributed by atoms with Crippen molar-refractivity contribution in [1.82, 2.24) is 15.3 Å². The fraction of sp³-hybridized carbons (Fsp3) is 0.263. The van der Waals surface area contributed by atoms with Crippen molar-refractivity contribution in [3.8, 4) is 0 Å². The molecule has 0 spiro atoms. The van der Waals surface area contributed by atoms with Crippen molar-refractivity contribution < 1.29 is 4.79 Å². The molecule has 0 bridgehead atoms. The van der Waals surface area contributed by atoms with Crippen molar-refractivity contribution in [2.45, 2.75) is 26.3 Å². The van der Waals surface area contributed by atoms with Crippen LogP contribution in [0.5, 0.6) is 0 Å². The first-order valence-corrected chi connectivity index (χ1v) is 8.67. The number of hydrogen-bond donors (Lipinski definition) is 3. The molecule has 1 amide bonds. The van der Waals surface area contributed by atoms with Crippen LogP contribution >= 0.6 is 11.6 Å². The third-order valence-electron chi connectivity index (χ3n) is 3.87. The number of halogens is 1. The zero-order valence-electron chi connectivity index (χ0n) is 14.3. The minimum absolute atomic E-state index is 0.119. The Kier molecular flexibility index (Phi) is 5.24. The molecule has 2 aromatic heterocycles. The summed E-state index contributed by atoms with van der Waals surface area (Å²) >= 11 is 5.99. The van der Waals surface area contributed by atoms with Crippen LogP contribution in [0.2, 0.25) is 5.02 Å². The van der Waals surface area contributed by atoms with Crippen LogP contribution in [-0.2, 0) is 6.42 Å². The summed E-state index contributed by atoms with van der Waals surface area (Å²) in [4.78, 5) is 19.7. The lowest BCUT2D eigenvalue weighted by Crippen LogP contribution is -2.25. The van der Waals surface area contributed by atoms with Gasteiger partial charge in [-0.1, -0.05) is 17.7 Å². The summed E-state index contributed by atoms with van der Waals surface area (Å²) in [6, 6.07) is 9.67. The van der Waals surface area contributed by atoms with Gasteiger partial charge in [-0.2, -0.15) is 0 Å². The summed E-state index contributed by atoms with van der Waals surface area (Å²) in [7, 11) is 0. The van der Waals surface area contributed by atoms with E-state index in [9.17, 15) is 4.79 Å². The molecule has 3 N–H and O–H groups in total. The van der Waals surface area contributed by atoms with Gasteiger partial charge >= 0.3 is 0 Å². The molecule has 25 heavy (non-hydrogen) atoms. The van der Waals surface area contributed by atoms with E-state index in [0.29, 0.717) is 23.2 Å². The second-order valence-electron chi connectivity index (χ2n) is 6.24. The Labute approximate surface area is 151 Å². The number of nitrogens with one attached hydrogen (secondary N) is 3. The van der Waals surface area contributed by atoms with Crippen molar-refractivity contribution in [2.24, 2.45) is 0 Å². The van der Waals surface area contributed by atoms with Gasteiger partial charge in [0.15, 0.2) is 0 Å². The number of nitrogens with zero attached hydrogens (tertiary/aromatic N) is 1. The first-order valence-electron chi connectivity index (χ1n) is 8.29. The molecule has 0 radical (unpaired) electrons. The molecule has 0 unspecified atom stereocenters. The Balaban J connectivity index is 1.56. The van der Waals surface area contributed by atoms with Gasteiger partial charge in [-0.15, -0.1) is 0 Å². The molecule has 3 rings (SSSR count). The highest BCUT2D eigenvalue weighted by atomic mass is 35.5. The molecule has 5 nitrogen and oxygen atoms in total. The molecule has 0 fully saturated rings. The number of aromatic nitrogens is 2. The molecule has 130 valence electrons. The minimum atomic E-state index is -0.119. The van der Waals surface area contributed by atoms with Gasteiger partial charge in [0.1, 0.15) is 5.82 Å². The topological polar surface area (TPSA) is 69.8 Å². The maximum Gasteiger partial charge on any atom is 0.252 e. The Morgan fingerprint density at radius 3 is 2.84 bits per heavy atom. The van der Waals surface area contributed by atoms with Gasteiger partial charge in [0, 0.05) is 40.9 Å². The van der Waals surface area contributed by atoms with E-state index in [-0.39, 0.29) is 5.91 Å². The van der Waals surface area contributed by atoms with E-state index < -0.39 is 0 Å². The average molecular weight is 357 g/mol. The molecular weight excluding hydrogens is 336 g/mol. The summed E-state index contributed by atoms with van der Waals surface area (Å²) in [5.41, 5.74) is 2.72. The van der Waals surface area contributed by atoms with Crippen LogP contribution in [0.1, 0.15) is 29.8 Å². The number of hydrogen-bond acceptors (Lipinski definition) is 3. The summed E-state index contributed by atoms with van der Waals surface area (Å²) in [5, 5.41) is 7.97. The van der Waals surface area contributed by atoms with Crippen LogP contribution in [-0.4, -0.2) is 28.5 Å². The van der Waals surface area contributed by atoms with Crippen molar-refractivity contribution >= 4 is 34.2 Å². The molecule has 0 saturated heterocycles. The largest absolute Gasteiger partial charge is 0.368 e. The van der Waals surface area contributed by atoms with E-state index in [4.69, 9.17) is 11.6 Å². The first kappa shape index (κ1) is 17.3. The molecular formula is C19H21ClN4O. The third-order valence-corrected chi connectivity index (χ3v) is 4.11. The Morgan fingerprint density at radius 1 is 1.28 bits per heavy atom. The molecule has 0 aliphatic carbocycles. The van der Waals surface area contributed by atoms with Crippen molar-refractivity contribution in [3.05, 3.63) is 58.9 Å². The SMILES string of the molecule is CC(C)Nc1ccc(C(=O)NCCc2c[nH]c3cc(Cl)ccc23)cn1. The lowest BCUT2D eigenvalue weighted by atomic mass is 10.1. The second-order valence-corrected chi connectivity index (χ2v) is 6.68. The van der Waals surface area contributed by atoms with E-state index >= 15 is 0 Å². The van der Waals surface area contributed by atoms with Crippen LogP contribution < -0.4 is 10.6 Å². The molecule has 0 aliphatic rings. The molecule has 1 aromatic carbocycles. The summed E-state index contributed by atoms with van der Waals surface area (Å²) < 4.78 is 0. The number of anilines is 1.